The fraction of sp³-hybridized carbons (Fsp3) is 0.462. The summed E-state index contributed by atoms with van der Waals surface area (Å²) < 4.78 is 2.17. The summed E-state index contributed by atoms with van der Waals surface area (Å²) in [4.78, 5) is 6.79. The number of rotatable bonds is 1. The van der Waals surface area contributed by atoms with E-state index in [-0.39, 0.29) is 0 Å². The number of fused-ring (bicyclic) bond motifs is 1. The van der Waals surface area contributed by atoms with Crippen LogP contribution in [0.25, 0.3) is 5.52 Å². The number of anilines is 2. The SMILES string of the molecule is Cc1nc(N)c2cccc(N3CCCCC3)n12. The molecule has 3 rings (SSSR count). The minimum atomic E-state index is 0.626. The summed E-state index contributed by atoms with van der Waals surface area (Å²) in [6.45, 7) is 4.28. The van der Waals surface area contributed by atoms with Gasteiger partial charge < -0.3 is 10.6 Å². The number of aromatic nitrogens is 2. The summed E-state index contributed by atoms with van der Waals surface area (Å²) >= 11 is 0. The number of imidazole rings is 1. The fourth-order valence-electron chi connectivity index (χ4n) is 2.69. The molecular formula is C13H18N4. The van der Waals surface area contributed by atoms with Gasteiger partial charge in [-0.3, -0.25) is 4.40 Å². The second-order valence-electron chi connectivity index (χ2n) is 4.70. The smallest absolute Gasteiger partial charge is 0.149 e. The van der Waals surface area contributed by atoms with Crippen molar-refractivity contribution >= 4 is 17.2 Å². The van der Waals surface area contributed by atoms with Crippen LogP contribution in [0.1, 0.15) is 25.1 Å². The van der Waals surface area contributed by atoms with Crippen molar-refractivity contribution in [2.75, 3.05) is 23.7 Å². The van der Waals surface area contributed by atoms with Crippen LogP contribution in [0.15, 0.2) is 18.2 Å². The van der Waals surface area contributed by atoms with E-state index in [4.69, 9.17) is 5.73 Å². The van der Waals surface area contributed by atoms with Crippen molar-refractivity contribution in [1.82, 2.24) is 9.38 Å². The standard InChI is InChI=1S/C13H18N4/c1-10-15-13(14)11-6-5-7-12(17(10)11)16-8-3-2-4-9-16/h5-7H,2-4,8-9,14H2,1H3. The predicted octanol–water partition coefficient (Wildman–Crippen LogP) is 2.22. The molecule has 2 aromatic heterocycles. The van der Waals surface area contributed by atoms with E-state index in [1.54, 1.807) is 0 Å². The number of hydrogen-bond acceptors (Lipinski definition) is 3. The van der Waals surface area contributed by atoms with Gasteiger partial charge in [0.2, 0.25) is 0 Å². The van der Waals surface area contributed by atoms with Gasteiger partial charge in [0.05, 0.1) is 5.52 Å². The molecule has 0 spiro atoms. The number of nitrogens with two attached hydrogens (primary N) is 1. The molecule has 4 heteroatoms. The summed E-state index contributed by atoms with van der Waals surface area (Å²) in [6.07, 6.45) is 3.90. The van der Waals surface area contributed by atoms with Crippen LogP contribution in [0.2, 0.25) is 0 Å². The predicted molar refractivity (Wildman–Crippen MR) is 70.4 cm³/mol. The maximum Gasteiger partial charge on any atom is 0.149 e. The van der Waals surface area contributed by atoms with Crippen molar-refractivity contribution in [3.8, 4) is 0 Å². The van der Waals surface area contributed by atoms with Crippen molar-refractivity contribution in [1.29, 1.82) is 0 Å². The highest BCUT2D eigenvalue weighted by atomic mass is 15.2. The normalized spacial score (nSPS) is 16.6. The highest BCUT2D eigenvalue weighted by molar-refractivity contribution is 5.70. The van der Waals surface area contributed by atoms with Crippen molar-refractivity contribution < 1.29 is 0 Å². The summed E-state index contributed by atoms with van der Waals surface area (Å²) in [5.41, 5.74) is 6.94. The van der Waals surface area contributed by atoms with Gasteiger partial charge in [-0.2, -0.15) is 0 Å². The molecule has 3 heterocycles. The number of nitrogen functional groups attached to an aromatic ring is 1. The van der Waals surface area contributed by atoms with E-state index in [1.165, 1.54) is 25.1 Å². The van der Waals surface area contributed by atoms with Crippen molar-refractivity contribution in [3.05, 3.63) is 24.0 Å². The second kappa shape index (κ2) is 3.95. The fourth-order valence-corrected chi connectivity index (χ4v) is 2.69. The van der Waals surface area contributed by atoms with E-state index in [1.807, 2.05) is 13.0 Å². The Morgan fingerprint density at radius 3 is 2.71 bits per heavy atom. The van der Waals surface area contributed by atoms with E-state index < -0.39 is 0 Å². The molecule has 4 nitrogen and oxygen atoms in total. The van der Waals surface area contributed by atoms with Gasteiger partial charge in [-0.1, -0.05) is 6.07 Å². The number of hydrogen-bond donors (Lipinski definition) is 1. The molecule has 0 aromatic carbocycles. The number of piperidine rings is 1. The van der Waals surface area contributed by atoms with Crippen LogP contribution in [0, 0.1) is 6.92 Å². The second-order valence-corrected chi connectivity index (χ2v) is 4.70. The molecule has 0 unspecified atom stereocenters. The Bertz CT molecular complexity index is 538. The van der Waals surface area contributed by atoms with Gasteiger partial charge in [0.25, 0.3) is 0 Å². The molecule has 17 heavy (non-hydrogen) atoms. The molecule has 0 amide bonds. The molecule has 90 valence electrons. The molecular weight excluding hydrogens is 212 g/mol. The Kier molecular flexibility index (Phi) is 2.42. The highest BCUT2D eigenvalue weighted by Gasteiger charge is 2.16. The van der Waals surface area contributed by atoms with Gasteiger partial charge in [-0.25, -0.2) is 4.98 Å². The van der Waals surface area contributed by atoms with Gasteiger partial charge >= 0.3 is 0 Å². The molecule has 0 saturated carbocycles. The van der Waals surface area contributed by atoms with Crippen LogP contribution in [-0.4, -0.2) is 22.5 Å². The average molecular weight is 230 g/mol. The molecule has 2 N–H and O–H groups in total. The van der Waals surface area contributed by atoms with Crippen molar-refractivity contribution in [3.63, 3.8) is 0 Å². The zero-order chi connectivity index (χ0) is 11.8. The van der Waals surface area contributed by atoms with E-state index >= 15 is 0 Å². The maximum atomic E-state index is 5.93. The van der Waals surface area contributed by atoms with E-state index in [0.29, 0.717) is 5.82 Å². The lowest BCUT2D eigenvalue weighted by atomic mass is 10.1. The number of nitrogens with zero attached hydrogens (tertiary/aromatic N) is 3. The lowest BCUT2D eigenvalue weighted by molar-refractivity contribution is 0.571. The third kappa shape index (κ3) is 1.64. The van der Waals surface area contributed by atoms with Crippen molar-refractivity contribution in [2.45, 2.75) is 26.2 Å². The van der Waals surface area contributed by atoms with Gasteiger partial charge in [0.1, 0.15) is 17.5 Å². The molecule has 2 aromatic rings. The zero-order valence-electron chi connectivity index (χ0n) is 10.2. The molecule has 1 saturated heterocycles. The van der Waals surface area contributed by atoms with Crippen LogP contribution in [0.3, 0.4) is 0 Å². The highest BCUT2D eigenvalue weighted by Crippen LogP contribution is 2.25. The minimum absolute atomic E-state index is 0.626. The summed E-state index contributed by atoms with van der Waals surface area (Å²) in [6, 6.07) is 6.26. The first-order valence-electron chi connectivity index (χ1n) is 6.26. The molecule has 0 aliphatic carbocycles. The minimum Gasteiger partial charge on any atom is -0.382 e. The summed E-state index contributed by atoms with van der Waals surface area (Å²) in [5.74, 6) is 2.82. The third-order valence-corrected chi connectivity index (χ3v) is 3.52. The van der Waals surface area contributed by atoms with Crippen LogP contribution in [0.4, 0.5) is 11.6 Å². The Morgan fingerprint density at radius 2 is 1.94 bits per heavy atom. The first kappa shape index (κ1) is 10.4. The van der Waals surface area contributed by atoms with E-state index in [9.17, 15) is 0 Å². The molecule has 1 aliphatic heterocycles. The summed E-state index contributed by atoms with van der Waals surface area (Å²) in [5, 5.41) is 0. The third-order valence-electron chi connectivity index (χ3n) is 3.52. The number of aryl methyl sites for hydroxylation is 1. The van der Waals surface area contributed by atoms with Crippen LogP contribution in [-0.2, 0) is 0 Å². The first-order valence-corrected chi connectivity index (χ1v) is 6.26. The first-order chi connectivity index (χ1) is 8.27. The van der Waals surface area contributed by atoms with Crippen LogP contribution >= 0.6 is 0 Å². The Hall–Kier alpha value is -1.71. The van der Waals surface area contributed by atoms with Crippen molar-refractivity contribution in [2.24, 2.45) is 0 Å². The van der Waals surface area contributed by atoms with Gasteiger partial charge in [0, 0.05) is 13.1 Å². The van der Waals surface area contributed by atoms with E-state index in [0.717, 1.165) is 24.4 Å². The quantitative estimate of drug-likeness (QED) is 0.817. The Labute approximate surface area is 101 Å². The largest absolute Gasteiger partial charge is 0.382 e. The number of pyridine rings is 1. The molecule has 0 radical (unpaired) electrons. The van der Waals surface area contributed by atoms with E-state index in [2.05, 4.69) is 26.4 Å². The molecule has 0 bridgehead atoms. The van der Waals surface area contributed by atoms with Gasteiger partial charge in [-0.05, 0) is 38.3 Å². The van der Waals surface area contributed by atoms with Gasteiger partial charge in [0.15, 0.2) is 0 Å². The Balaban J connectivity index is 2.15. The summed E-state index contributed by atoms with van der Waals surface area (Å²) in [7, 11) is 0. The lowest BCUT2D eigenvalue weighted by Crippen LogP contribution is -2.31. The van der Waals surface area contributed by atoms with Crippen LogP contribution in [0.5, 0.6) is 0 Å². The van der Waals surface area contributed by atoms with Gasteiger partial charge in [-0.15, -0.1) is 0 Å². The lowest BCUT2D eigenvalue weighted by Gasteiger charge is -2.29. The topological polar surface area (TPSA) is 46.6 Å². The maximum absolute atomic E-state index is 5.93. The molecule has 1 fully saturated rings. The average Bonchev–Trinajstić information content (AvgIpc) is 2.66. The molecule has 0 atom stereocenters. The van der Waals surface area contributed by atoms with Crippen LogP contribution < -0.4 is 10.6 Å². The Morgan fingerprint density at radius 1 is 1.18 bits per heavy atom. The molecule has 1 aliphatic rings. The monoisotopic (exact) mass is 230 g/mol. The zero-order valence-corrected chi connectivity index (χ0v) is 10.2.